The Morgan fingerprint density at radius 2 is 1.55 bits per heavy atom. The standard InChI is InChI=1S/C17H25BrN2/c18-16-6-4-15(5-7-16)14-19-12-8-17(9-13-19)20-10-2-1-3-11-20/h4-7,17H,1-3,8-14H2. The van der Waals surface area contributed by atoms with Gasteiger partial charge < -0.3 is 4.90 Å². The number of piperidine rings is 2. The predicted molar refractivity (Wildman–Crippen MR) is 87.9 cm³/mol. The first-order valence-electron chi connectivity index (χ1n) is 8.02. The van der Waals surface area contributed by atoms with Gasteiger partial charge in [0.15, 0.2) is 0 Å². The van der Waals surface area contributed by atoms with Crippen LogP contribution >= 0.6 is 15.9 Å². The van der Waals surface area contributed by atoms with E-state index >= 15 is 0 Å². The number of rotatable bonds is 3. The van der Waals surface area contributed by atoms with Gasteiger partial charge in [-0.1, -0.05) is 34.5 Å². The second-order valence-corrected chi connectivity index (χ2v) is 7.15. The average Bonchev–Trinajstić information content (AvgIpc) is 2.51. The van der Waals surface area contributed by atoms with Gasteiger partial charge in [-0.25, -0.2) is 0 Å². The maximum Gasteiger partial charge on any atom is 0.0233 e. The van der Waals surface area contributed by atoms with Crippen LogP contribution in [0.15, 0.2) is 28.7 Å². The van der Waals surface area contributed by atoms with Crippen molar-refractivity contribution in [3.8, 4) is 0 Å². The Labute approximate surface area is 131 Å². The Morgan fingerprint density at radius 1 is 0.900 bits per heavy atom. The van der Waals surface area contributed by atoms with Gasteiger partial charge >= 0.3 is 0 Å². The number of halogens is 1. The molecule has 1 aromatic carbocycles. The van der Waals surface area contributed by atoms with E-state index in [0.717, 1.165) is 12.6 Å². The molecule has 2 aliphatic rings. The van der Waals surface area contributed by atoms with Gasteiger partial charge in [0.05, 0.1) is 0 Å². The molecule has 2 nitrogen and oxygen atoms in total. The summed E-state index contributed by atoms with van der Waals surface area (Å²) in [6, 6.07) is 9.63. The molecule has 0 unspecified atom stereocenters. The van der Waals surface area contributed by atoms with E-state index < -0.39 is 0 Å². The van der Waals surface area contributed by atoms with E-state index in [4.69, 9.17) is 0 Å². The van der Waals surface area contributed by atoms with E-state index in [2.05, 4.69) is 50.0 Å². The molecule has 2 saturated heterocycles. The topological polar surface area (TPSA) is 6.48 Å². The van der Waals surface area contributed by atoms with Crippen molar-refractivity contribution in [1.29, 1.82) is 0 Å². The Bertz CT molecular complexity index is 404. The smallest absolute Gasteiger partial charge is 0.0233 e. The highest BCUT2D eigenvalue weighted by molar-refractivity contribution is 9.10. The maximum atomic E-state index is 3.50. The number of hydrogen-bond acceptors (Lipinski definition) is 2. The van der Waals surface area contributed by atoms with Gasteiger partial charge in [-0.05, 0) is 69.6 Å². The zero-order valence-corrected chi connectivity index (χ0v) is 13.8. The van der Waals surface area contributed by atoms with Crippen molar-refractivity contribution in [2.45, 2.75) is 44.7 Å². The molecule has 0 amide bonds. The molecule has 110 valence electrons. The minimum absolute atomic E-state index is 0.858. The summed E-state index contributed by atoms with van der Waals surface area (Å²) in [6.45, 7) is 6.32. The monoisotopic (exact) mass is 336 g/mol. The molecular weight excluding hydrogens is 312 g/mol. The summed E-state index contributed by atoms with van der Waals surface area (Å²) in [4.78, 5) is 5.37. The Morgan fingerprint density at radius 3 is 2.20 bits per heavy atom. The maximum absolute atomic E-state index is 3.50. The van der Waals surface area contributed by atoms with E-state index in [1.807, 2.05) is 0 Å². The van der Waals surface area contributed by atoms with E-state index in [9.17, 15) is 0 Å². The number of hydrogen-bond donors (Lipinski definition) is 0. The largest absolute Gasteiger partial charge is 0.300 e. The first kappa shape index (κ1) is 14.6. The second kappa shape index (κ2) is 7.06. The normalized spacial score (nSPS) is 23.1. The third-order valence-electron chi connectivity index (χ3n) is 4.78. The van der Waals surface area contributed by atoms with Crippen molar-refractivity contribution in [3.63, 3.8) is 0 Å². The number of nitrogens with zero attached hydrogens (tertiary/aromatic N) is 2. The van der Waals surface area contributed by atoms with E-state index in [1.165, 1.54) is 68.3 Å². The summed E-state index contributed by atoms with van der Waals surface area (Å²) >= 11 is 3.50. The fraction of sp³-hybridized carbons (Fsp3) is 0.647. The quantitative estimate of drug-likeness (QED) is 0.825. The third kappa shape index (κ3) is 3.84. The first-order chi connectivity index (χ1) is 9.81. The molecule has 0 spiro atoms. The molecule has 0 saturated carbocycles. The van der Waals surface area contributed by atoms with Gasteiger partial charge in [-0.15, -0.1) is 0 Å². The highest BCUT2D eigenvalue weighted by Crippen LogP contribution is 2.22. The first-order valence-corrected chi connectivity index (χ1v) is 8.81. The highest BCUT2D eigenvalue weighted by atomic mass is 79.9. The van der Waals surface area contributed by atoms with Crippen LogP contribution in [0.2, 0.25) is 0 Å². The van der Waals surface area contributed by atoms with Crippen molar-refractivity contribution in [2.75, 3.05) is 26.2 Å². The minimum Gasteiger partial charge on any atom is -0.300 e. The lowest BCUT2D eigenvalue weighted by atomic mass is 9.99. The zero-order valence-electron chi connectivity index (χ0n) is 12.2. The minimum atomic E-state index is 0.858. The Balaban J connectivity index is 1.47. The van der Waals surface area contributed by atoms with Crippen molar-refractivity contribution in [2.24, 2.45) is 0 Å². The zero-order chi connectivity index (χ0) is 13.8. The summed E-state index contributed by atoms with van der Waals surface area (Å²) in [7, 11) is 0. The molecule has 2 fully saturated rings. The van der Waals surface area contributed by atoms with E-state index in [-0.39, 0.29) is 0 Å². The second-order valence-electron chi connectivity index (χ2n) is 6.23. The molecule has 0 N–H and O–H groups in total. The SMILES string of the molecule is Brc1ccc(CN2CCC(N3CCCCC3)CC2)cc1. The van der Waals surface area contributed by atoms with Gasteiger partial charge in [0.2, 0.25) is 0 Å². The fourth-order valence-corrected chi connectivity index (χ4v) is 3.84. The fourth-order valence-electron chi connectivity index (χ4n) is 3.57. The van der Waals surface area contributed by atoms with Gasteiger partial charge in [0, 0.05) is 17.1 Å². The van der Waals surface area contributed by atoms with Crippen molar-refractivity contribution in [3.05, 3.63) is 34.3 Å². The molecule has 0 aliphatic carbocycles. The molecule has 20 heavy (non-hydrogen) atoms. The third-order valence-corrected chi connectivity index (χ3v) is 5.31. The van der Waals surface area contributed by atoms with E-state index in [0.29, 0.717) is 0 Å². The molecule has 0 aromatic heterocycles. The molecule has 2 aliphatic heterocycles. The van der Waals surface area contributed by atoms with Crippen LogP contribution in [0.4, 0.5) is 0 Å². The number of benzene rings is 1. The molecule has 1 aromatic rings. The molecular formula is C17H25BrN2. The lowest BCUT2D eigenvalue weighted by Crippen LogP contribution is -2.46. The summed E-state index contributed by atoms with van der Waals surface area (Å²) in [5.74, 6) is 0. The Kier molecular flexibility index (Phi) is 5.14. The summed E-state index contributed by atoms with van der Waals surface area (Å²) in [5, 5.41) is 0. The average molecular weight is 337 g/mol. The molecule has 0 radical (unpaired) electrons. The van der Waals surface area contributed by atoms with Crippen molar-refractivity contribution in [1.82, 2.24) is 9.80 Å². The van der Waals surface area contributed by atoms with Gasteiger partial charge in [-0.2, -0.15) is 0 Å². The van der Waals surface area contributed by atoms with Crippen LogP contribution in [0.3, 0.4) is 0 Å². The summed E-state index contributed by atoms with van der Waals surface area (Å²) in [6.07, 6.45) is 6.99. The van der Waals surface area contributed by atoms with Crippen LogP contribution in [-0.4, -0.2) is 42.0 Å². The lowest BCUT2D eigenvalue weighted by Gasteiger charge is -2.40. The van der Waals surface area contributed by atoms with Crippen LogP contribution in [0, 0.1) is 0 Å². The van der Waals surface area contributed by atoms with Crippen LogP contribution in [-0.2, 0) is 6.54 Å². The van der Waals surface area contributed by atoms with Crippen LogP contribution < -0.4 is 0 Å². The van der Waals surface area contributed by atoms with Crippen molar-refractivity contribution >= 4 is 15.9 Å². The molecule has 3 heteroatoms. The highest BCUT2D eigenvalue weighted by Gasteiger charge is 2.25. The van der Waals surface area contributed by atoms with Crippen molar-refractivity contribution < 1.29 is 0 Å². The number of likely N-dealkylation sites (tertiary alicyclic amines) is 2. The van der Waals surface area contributed by atoms with Crippen LogP contribution in [0.5, 0.6) is 0 Å². The summed E-state index contributed by atoms with van der Waals surface area (Å²) in [5.41, 5.74) is 1.43. The van der Waals surface area contributed by atoms with Gasteiger partial charge in [0.25, 0.3) is 0 Å². The summed E-state index contributed by atoms with van der Waals surface area (Å²) < 4.78 is 1.17. The van der Waals surface area contributed by atoms with E-state index in [1.54, 1.807) is 0 Å². The Hall–Kier alpha value is -0.380. The van der Waals surface area contributed by atoms with Crippen LogP contribution in [0.25, 0.3) is 0 Å². The van der Waals surface area contributed by atoms with Gasteiger partial charge in [-0.3, -0.25) is 4.90 Å². The molecule has 0 atom stereocenters. The van der Waals surface area contributed by atoms with Gasteiger partial charge in [0.1, 0.15) is 0 Å². The predicted octanol–water partition coefficient (Wildman–Crippen LogP) is 3.90. The van der Waals surface area contributed by atoms with Crippen LogP contribution in [0.1, 0.15) is 37.7 Å². The molecule has 0 bridgehead atoms. The molecule has 3 rings (SSSR count). The lowest BCUT2D eigenvalue weighted by molar-refractivity contribution is 0.0896. The molecule has 2 heterocycles.